The Hall–Kier alpha value is -3.32. The van der Waals surface area contributed by atoms with Gasteiger partial charge in [-0.1, -0.05) is 29.8 Å². The molecular formula is C22H19N3O3S. The van der Waals surface area contributed by atoms with Gasteiger partial charge in [-0.2, -0.15) is 0 Å². The first kappa shape index (κ1) is 19.0. The van der Waals surface area contributed by atoms with Gasteiger partial charge in [0.25, 0.3) is 11.8 Å². The van der Waals surface area contributed by atoms with Crippen LogP contribution in [0, 0.1) is 13.8 Å². The number of benzene rings is 2. The highest BCUT2D eigenvalue weighted by Crippen LogP contribution is 2.30. The molecule has 3 aromatic rings. The second-order valence-corrected chi connectivity index (χ2v) is 7.73. The number of imide groups is 1. The number of rotatable bonds is 5. The number of fused-ring (bicyclic) bond motifs is 1. The molecule has 0 bridgehead atoms. The van der Waals surface area contributed by atoms with Crippen molar-refractivity contribution in [3.05, 3.63) is 76.3 Å². The van der Waals surface area contributed by atoms with Crippen molar-refractivity contribution >= 4 is 39.9 Å². The highest BCUT2D eigenvalue weighted by atomic mass is 32.1. The number of nitrogens with zero attached hydrogens (tertiary/aromatic N) is 3. The number of thiazole rings is 1. The van der Waals surface area contributed by atoms with Crippen LogP contribution in [0.3, 0.4) is 0 Å². The maximum absolute atomic E-state index is 13.1. The van der Waals surface area contributed by atoms with Crippen LogP contribution in [0.2, 0.25) is 0 Å². The highest BCUT2D eigenvalue weighted by Gasteiger charge is 2.36. The number of hydrogen-bond donors (Lipinski definition) is 0. The van der Waals surface area contributed by atoms with Gasteiger partial charge >= 0.3 is 0 Å². The van der Waals surface area contributed by atoms with Crippen LogP contribution in [0.15, 0.2) is 53.9 Å². The van der Waals surface area contributed by atoms with Gasteiger partial charge in [-0.25, -0.2) is 4.98 Å². The van der Waals surface area contributed by atoms with Crippen LogP contribution in [0.4, 0.5) is 10.8 Å². The summed E-state index contributed by atoms with van der Waals surface area (Å²) in [4.78, 5) is 45.5. The van der Waals surface area contributed by atoms with Crippen LogP contribution in [0.5, 0.6) is 0 Å². The van der Waals surface area contributed by atoms with Crippen LogP contribution in [-0.4, -0.2) is 34.2 Å². The molecule has 0 spiro atoms. The van der Waals surface area contributed by atoms with Crippen molar-refractivity contribution in [3.63, 3.8) is 0 Å². The largest absolute Gasteiger partial charge is 0.274 e. The van der Waals surface area contributed by atoms with E-state index < -0.39 is 0 Å². The molecule has 4 rings (SSSR count). The van der Waals surface area contributed by atoms with Gasteiger partial charge in [0.1, 0.15) is 0 Å². The molecule has 0 fully saturated rings. The number of anilines is 2. The van der Waals surface area contributed by atoms with Gasteiger partial charge in [-0.15, -0.1) is 11.3 Å². The Balaban J connectivity index is 1.55. The smallest absolute Gasteiger partial charge is 0.261 e. The van der Waals surface area contributed by atoms with Gasteiger partial charge in [-0.05, 0) is 38.1 Å². The van der Waals surface area contributed by atoms with Crippen LogP contribution >= 0.6 is 11.3 Å². The zero-order valence-electron chi connectivity index (χ0n) is 16.1. The standard InChI is InChI=1S/C22H19N3O3S/c1-14-8-9-17-18(12-14)21(28)24(20(17)27)11-10-19(26)25(16-6-4-3-5-7-16)22-23-15(2)13-29-22/h3-9,12-13H,10-11H2,1-2H3. The van der Waals surface area contributed by atoms with E-state index in [-0.39, 0.29) is 30.7 Å². The van der Waals surface area contributed by atoms with Crippen LogP contribution in [0.1, 0.15) is 38.4 Å². The van der Waals surface area contributed by atoms with Crippen molar-refractivity contribution in [1.82, 2.24) is 9.88 Å². The van der Waals surface area contributed by atoms with E-state index in [1.165, 1.54) is 11.3 Å². The lowest BCUT2D eigenvalue weighted by Crippen LogP contribution is -2.35. The number of amides is 3. The van der Waals surface area contributed by atoms with Gasteiger partial charge in [0.2, 0.25) is 5.91 Å². The van der Waals surface area contributed by atoms with Crippen LogP contribution < -0.4 is 4.90 Å². The number of carbonyl (C=O) groups excluding carboxylic acids is 3. The lowest BCUT2D eigenvalue weighted by atomic mass is 10.1. The fourth-order valence-corrected chi connectivity index (χ4v) is 4.15. The van der Waals surface area contributed by atoms with E-state index in [4.69, 9.17) is 0 Å². The second-order valence-electron chi connectivity index (χ2n) is 6.90. The summed E-state index contributed by atoms with van der Waals surface area (Å²) in [6.07, 6.45) is 0.0119. The van der Waals surface area contributed by atoms with Gasteiger partial charge < -0.3 is 0 Å². The van der Waals surface area contributed by atoms with Crippen LogP contribution in [-0.2, 0) is 4.79 Å². The molecule has 0 N–H and O–H groups in total. The Morgan fingerprint density at radius 3 is 2.45 bits per heavy atom. The third kappa shape index (κ3) is 3.56. The minimum absolute atomic E-state index is 0.0119. The van der Waals surface area contributed by atoms with E-state index in [0.717, 1.165) is 16.2 Å². The number of carbonyl (C=O) groups is 3. The topological polar surface area (TPSA) is 70.6 Å². The Kier molecular flexibility index (Phi) is 4.98. The fourth-order valence-electron chi connectivity index (χ4n) is 3.31. The van der Waals surface area contributed by atoms with Crippen LogP contribution in [0.25, 0.3) is 0 Å². The summed E-state index contributed by atoms with van der Waals surface area (Å²) >= 11 is 1.38. The number of hydrogen-bond acceptors (Lipinski definition) is 5. The summed E-state index contributed by atoms with van der Waals surface area (Å²) < 4.78 is 0. The molecule has 146 valence electrons. The summed E-state index contributed by atoms with van der Waals surface area (Å²) in [6, 6.07) is 14.4. The van der Waals surface area contributed by atoms with E-state index >= 15 is 0 Å². The van der Waals surface area contributed by atoms with E-state index in [9.17, 15) is 14.4 Å². The minimum Gasteiger partial charge on any atom is -0.274 e. The Bertz CT molecular complexity index is 1110. The molecule has 2 heterocycles. The van der Waals surface area contributed by atoms with Gasteiger partial charge in [0, 0.05) is 18.3 Å². The summed E-state index contributed by atoms with van der Waals surface area (Å²) in [6.45, 7) is 3.77. The van der Waals surface area contributed by atoms with Crippen molar-refractivity contribution in [2.75, 3.05) is 11.4 Å². The quantitative estimate of drug-likeness (QED) is 0.599. The Morgan fingerprint density at radius 2 is 1.76 bits per heavy atom. The molecule has 0 aliphatic carbocycles. The van der Waals surface area contributed by atoms with E-state index in [0.29, 0.717) is 21.9 Å². The third-order valence-corrected chi connectivity index (χ3v) is 5.68. The fraction of sp³-hybridized carbons (Fsp3) is 0.182. The lowest BCUT2D eigenvalue weighted by molar-refractivity contribution is -0.118. The summed E-state index contributed by atoms with van der Waals surface area (Å²) in [5.41, 5.74) is 3.23. The molecule has 0 unspecified atom stereocenters. The molecule has 1 aromatic heterocycles. The predicted molar refractivity (Wildman–Crippen MR) is 112 cm³/mol. The maximum atomic E-state index is 13.1. The lowest BCUT2D eigenvalue weighted by Gasteiger charge is -2.21. The van der Waals surface area contributed by atoms with Crippen molar-refractivity contribution in [2.45, 2.75) is 20.3 Å². The van der Waals surface area contributed by atoms with Crippen molar-refractivity contribution in [1.29, 1.82) is 0 Å². The summed E-state index contributed by atoms with van der Waals surface area (Å²) in [7, 11) is 0. The molecule has 0 saturated carbocycles. The van der Waals surface area contributed by atoms with E-state index in [2.05, 4.69) is 4.98 Å². The van der Waals surface area contributed by atoms with Gasteiger partial charge in [-0.3, -0.25) is 24.2 Å². The molecule has 6 nitrogen and oxygen atoms in total. The molecular weight excluding hydrogens is 386 g/mol. The minimum atomic E-state index is -0.353. The van der Waals surface area contributed by atoms with Gasteiger partial charge in [0.05, 0.1) is 22.5 Å². The molecule has 0 atom stereocenters. The summed E-state index contributed by atoms with van der Waals surface area (Å²) in [5.74, 6) is -0.926. The van der Waals surface area contributed by atoms with Crippen molar-refractivity contribution in [3.8, 4) is 0 Å². The number of aryl methyl sites for hydroxylation is 2. The molecule has 1 aliphatic rings. The zero-order chi connectivity index (χ0) is 20.5. The average Bonchev–Trinajstić information content (AvgIpc) is 3.23. The molecule has 2 aromatic carbocycles. The number of para-hydroxylation sites is 1. The monoisotopic (exact) mass is 405 g/mol. The molecule has 0 saturated heterocycles. The van der Waals surface area contributed by atoms with E-state index in [1.807, 2.05) is 49.6 Å². The van der Waals surface area contributed by atoms with Crippen molar-refractivity contribution in [2.24, 2.45) is 0 Å². The van der Waals surface area contributed by atoms with E-state index in [1.54, 1.807) is 23.1 Å². The molecule has 7 heteroatoms. The normalized spacial score (nSPS) is 13.0. The second kappa shape index (κ2) is 7.60. The molecule has 29 heavy (non-hydrogen) atoms. The average molecular weight is 405 g/mol. The van der Waals surface area contributed by atoms with Crippen molar-refractivity contribution < 1.29 is 14.4 Å². The predicted octanol–water partition coefficient (Wildman–Crippen LogP) is 4.11. The Morgan fingerprint density at radius 1 is 1.03 bits per heavy atom. The highest BCUT2D eigenvalue weighted by molar-refractivity contribution is 7.14. The summed E-state index contributed by atoms with van der Waals surface area (Å²) in [5, 5.41) is 2.45. The first-order valence-electron chi connectivity index (χ1n) is 9.22. The number of aromatic nitrogens is 1. The SMILES string of the molecule is Cc1ccc2c(c1)C(=O)N(CCC(=O)N(c1ccccc1)c1nc(C)cs1)C2=O. The Labute approximate surface area is 172 Å². The zero-order valence-corrected chi connectivity index (χ0v) is 16.9. The van der Waals surface area contributed by atoms with Gasteiger partial charge in [0.15, 0.2) is 5.13 Å². The third-order valence-electron chi connectivity index (χ3n) is 4.74. The molecule has 1 aliphatic heterocycles. The first-order chi connectivity index (χ1) is 14.0. The first-order valence-corrected chi connectivity index (χ1v) is 10.1. The molecule has 3 amide bonds. The molecule has 0 radical (unpaired) electrons. The maximum Gasteiger partial charge on any atom is 0.261 e.